The molecule has 1 aliphatic heterocycles. The van der Waals surface area contributed by atoms with E-state index < -0.39 is 0 Å². The Morgan fingerprint density at radius 2 is 2.08 bits per heavy atom. The number of carbonyl (C=O) groups excluding carboxylic acids is 1. The van der Waals surface area contributed by atoms with Crippen molar-refractivity contribution in [3.63, 3.8) is 0 Å². The number of hydrogen-bond acceptors (Lipinski definition) is 3. The molecule has 0 aromatic heterocycles. The lowest BCUT2D eigenvalue weighted by molar-refractivity contribution is -0.145. The van der Waals surface area contributed by atoms with Gasteiger partial charge in [-0.05, 0) is 54.9 Å². The molecule has 1 saturated heterocycles. The SMILES string of the molecule is CC1=CCCC2(C)CC3OC(=O)C(CNCc4ccc(F)cc4)C3C=C12. The predicted molar refractivity (Wildman–Crippen MR) is 98.8 cm³/mol. The average molecular weight is 355 g/mol. The number of carbonyl (C=O) groups is 1. The Hall–Kier alpha value is -1.94. The van der Waals surface area contributed by atoms with E-state index in [0.29, 0.717) is 13.1 Å². The summed E-state index contributed by atoms with van der Waals surface area (Å²) in [4.78, 5) is 12.5. The molecule has 1 N–H and O–H groups in total. The summed E-state index contributed by atoms with van der Waals surface area (Å²) in [7, 11) is 0. The second-order valence-electron chi connectivity index (χ2n) is 8.19. The molecule has 0 bridgehead atoms. The zero-order chi connectivity index (χ0) is 18.3. The fourth-order valence-electron chi connectivity index (χ4n) is 4.84. The van der Waals surface area contributed by atoms with Gasteiger partial charge in [-0.1, -0.05) is 36.8 Å². The molecule has 0 saturated carbocycles. The third-order valence-corrected chi connectivity index (χ3v) is 6.30. The van der Waals surface area contributed by atoms with Crippen molar-refractivity contribution >= 4 is 5.97 Å². The summed E-state index contributed by atoms with van der Waals surface area (Å²) in [5.41, 5.74) is 3.91. The minimum Gasteiger partial charge on any atom is -0.461 e. The van der Waals surface area contributed by atoms with E-state index in [1.807, 2.05) is 0 Å². The van der Waals surface area contributed by atoms with Crippen LogP contribution in [0.15, 0.2) is 47.6 Å². The highest BCUT2D eigenvalue weighted by molar-refractivity contribution is 5.76. The van der Waals surface area contributed by atoms with E-state index in [2.05, 4.69) is 31.3 Å². The summed E-state index contributed by atoms with van der Waals surface area (Å²) in [5.74, 6) is -0.323. The molecule has 1 aromatic carbocycles. The van der Waals surface area contributed by atoms with Gasteiger partial charge in [-0.15, -0.1) is 0 Å². The predicted octanol–water partition coefficient (Wildman–Crippen LogP) is 4.15. The van der Waals surface area contributed by atoms with Gasteiger partial charge in [0.25, 0.3) is 0 Å². The summed E-state index contributed by atoms with van der Waals surface area (Å²) in [6.07, 6.45) is 7.79. The van der Waals surface area contributed by atoms with Gasteiger partial charge >= 0.3 is 5.97 Å². The number of ether oxygens (including phenoxy) is 1. The van der Waals surface area contributed by atoms with Gasteiger partial charge in [0.05, 0.1) is 5.92 Å². The number of allylic oxidation sites excluding steroid dienone is 3. The molecule has 4 heteroatoms. The van der Waals surface area contributed by atoms with Gasteiger partial charge in [0.15, 0.2) is 0 Å². The molecule has 26 heavy (non-hydrogen) atoms. The largest absolute Gasteiger partial charge is 0.461 e. The first kappa shape index (κ1) is 17.5. The van der Waals surface area contributed by atoms with Crippen molar-refractivity contribution in [1.82, 2.24) is 5.32 Å². The van der Waals surface area contributed by atoms with Gasteiger partial charge in [-0.3, -0.25) is 4.79 Å². The first-order valence-corrected chi connectivity index (χ1v) is 9.51. The lowest BCUT2D eigenvalue weighted by Gasteiger charge is -2.42. The van der Waals surface area contributed by atoms with Crippen LogP contribution in [-0.4, -0.2) is 18.6 Å². The topological polar surface area (TPSA) is 38.3 Å². The summed E-state index contributed by atoms with van der Waals surface area (Å²) < 4.78 is 18.8. The van der Waals surface area contributed by atoms with E-state index in [1.165, 1.54) is 23.3 Å². The second kappa shape index (κ2) is 6.66. The van der Waals surface area contributed by atoms with Gasteiger partial charge in [-0.2, -0.15) is 0 Å². The standard InChI is InChI=1S/C22H26FNO2/c1-14-4-3-9-22(2)11-20-17(10-19(14)22)18(21(25)26-20)13-24-12-15-5-7-16(23)8-6-15/h4-8,10,17-18,20,24H,3,9,11-13H2,1-2H3. The van der Waals surface area contributed by atoms with Crippen LogP contribution < -0.4 is 5.32 Å². The Balaban J connectivity index is 1.47. The quantitative estimate of drug-likeness (QED) is 0.825. The number of benzene rings is 1. The Labute approximate surface area is 154 Å². The molecule has 4 atom stereocenters. The smallest absolute Gasteiger partial charge is 0.311 e. The number of nitrogens with one attached hydrogen (secondary N) is 1. The lowest BCUT2D eigenvalue weighted by atomic mass is 9.62. The Morgan fingerprint density at radius 3 is 2.85 bits per heavy atom. The van der Waals surface area contributed by atoms with Crippen molar-refractivity contribution in [2.75, 3.05) is 6.54 Å². The Bertz CT molecular complexity index is 767. The number of rotatable bonds is 4. The third-order valence-electron chi connectivity index (χ3n) is 6.30. The Morgan fingerprint density at radius 1 is 1.31 bits per heavy atom. The maximum absolute atomic E-state index is 13.0. The molecule has 0 spiro atoms. The Kier molecular flexibility index (Phi) is 4.47. The summed E-state index contributed by atoms with van der Waals surface area (Å²) in [6, 6.07) is 6.45. The molecule has 1 fully saturated rings. The molecule has 4 rings (SSSR count). The summed E-state index contributed by atoms with van der Waals surface area (Å²) in [6.45, 7) is 5.69. The van der Waals surface area contributed by atoms with Crippen molar-refractivity contribution in [3.05, 3.63) is 58.9 Å². The molecular formula is C22H26FNO2. The van der Waals surface area contributed by atoms with Gasteiger partial charge in [0.1, 0.15) is 11.9 Å². The van der Waals surface area contributed by atoms with Gasteiger partial charge in [0, 0.05) is 19.0 Å². The van der Waals surface area contributed by atoms with Gasteiger partial charge in [0.2, 0.25) is 0 Å². The van der Waals surface area contributed by atoms with Crippen LogP contribution in [0.1, 0.15) is 38.7 Å². The summed E-state index contributed by atoms with van der Waals surface area (Å²) in [5, 5.41) is 3.35. The number of hydrogen-bond donors (Lipinski definition) is 1. The second-order valence-corrected chi connectivity index (χ2v) is 8.19. The van der Waals surface area contributed by atoms with E-state index in [1.54, 1.807) is 12.1 Å². The van der Waals surface area contributed by atoms with Crippen molar-refractivity contribution in [2.24, 2.45) is 17.3 Å². The maximum atomic E-state index is 13.0. The van der Waals surface area contributed by atoms with Crippen LogP contribution in [0.2, 0.25) is 0 Å². The van der Waals surface area contributed by atoms with Crippen molar-refractivity contribution in [3.8, 4) is 0 Å². The molecular weight excluding hydrogens is 329 g/mol. The van der Waals surface area contributed by atoms with Crippen molar-refractivity contribution in [1.29, 1.82) is 0 Å². The summed E-state index contributed by atoms with van der Waals surface area (Å²) >= 11 is 0. The third kappa shape index (κ3) is 3.11. The number of fused-ring (bicyclic) bond motifs is 2. The van der Waals surface area contributed by atoms with Crippen LogP contribution >= 0.6 is 0 Å². The molecule has 4 unspecified atom stereocenters. The highest BCUT2D eigenvalue weighted by Gasteiger charge is 2.50. The number of esters is 1. The first-order valence-electron chi connectivity index (χ1n) is 9.51. The molecule has 1 aromatic rings. The van der Waals surface area contributed by atoms with Crippen LogP contribution in [0.4, 0.5) is 4.39 Å². The fourth-order valence-corrected chi connectivity index (χ4v) is 4.84. The average Bonchev–Trinajstić information content (AvgIpc) is 2.89. The van der Waals surface area contributed by atoms with Crippen LogP contribution in [-0.2, 0) is 16.1 Å². The van der Waals surface area contributed by atoms with Crippen LogP contribution in [0, 0.1) is 23.1 Å². The van der Waals surface area contributed by atoms with Crippen LogP contribution in [0.25, 0.3) is 0 Å². The minimum absolute atomic E-state index is 0.000212. The molecule has 3 nitrogen and oxygen atoms in total. The van der Waals surface area contributed by atoms with E-state index in [0.717, 1.165) is 24.8 Å². The van der Waals surface area contributed by atoms with Crippen LogP contribution in [0.3, 0.4) is 0 Å². The van der Waals surface area contributed by atoms with Crippen molar-refractivity contribution in [2.45, 2.75) is 45.8 Å². The highest BCUT2D eigenvalue weighted by Crippen LogP contribution is 2.52. The van der Waals surface area contributed by atoms with Gasteiger partial charge in [-0.25, -0.2) is 4.39 Å². The lowest BCUT2D eigenvalue weighted by Crippen LogP contribution is -2.38. The zero-order valence-electron chi connectivity index (χ0n) is 15.4. The maximum Gasteiger partial charge on any atom is 0.311 e. The normalized spacial score (nSPS) is 33.0. The van der Waals surface area contributed by atoms with Crippen molar-refractivity contribution < 1.29 is 13.9 Å². The van der Waals surface area contributed by atoms with Crippen LogP contribution in [0.5, 0.6) is 0 Å². The van der Waals surface area contributed by atoms with E-state index in [-0.39, 0.29) is 35.1 Å². The van der Waals surface area contributed by atoms with E-state index in [9.17, 15) is 9.18 Å². The van der Waals surface area contributed by atoms with Gasteiger partial charge < -0.3 is 10.1 Å². The fraction of sp³-hybridized carbons (Fsp3) is 0.500. The molecule has 0 radical (unpaired) electrons. The number of halogens is 1. The molecule has 0 amide bonds. The van der Waals surface area contributed by atoms with E-state index in [4.69, 9.17) is 4.74 Å². The highest BCUT2D eigenvalue weighted by atomic mass is 19.1. The first-order chi connectivity index (χ1) is 12.5. The molecule has 138 valence electrons. The monoisotopic (exact) mass is 355 g/mol. The zero-order valence-corrected chi connectivity index (χ0v) is 15.4. The minimum atomic E-state index is -0.233. The van der Waals surface area contributed by atoms with E-state index >= 15 is 0 Å². The molecule has 3 aliphatic rings. The molecule has 1 heterocycles. The molecule has 2 aliphatic carbocycles.